The number of pyridine rings is 1. The van der Waals surface area contributed by atoms with Crippen molar-refractivity contribution in [2.24, 2.45) is 10.1 Å². The van der Waals surface area contributed by atoms with Crippen molar-refractivity contribution in [3.63, 3.8) is 0 Å². The van der Waals surface area contributed by atoms with E-state index in [0.29, 0.717) is 10.7 Å². The van der Waals surface area contributed by atoms with Gasteiger partial charge in [0.05, 0.1) is 28.7 Å². The van der Waals surface area contributed by atoms with Gasteiger partial charge in [0.1, 0.15) is 0 Å². The van der Waals surface area contributed by atoms with E-state index < -0.39 is 4.92 Å². The molecule has 0 bridgehead atoms. The standard InChI is InChI=1S/C24H21N5O2S/c1-17(2)19-7-5-18(6-8-19)14-26-28-23(20-9-11-22(12-10-20)29(30)31)16-32-24(28)27-21-4-3-13-25-15-21/h3-17H,1-2H3. The molecule has 2 aromatic heterocycles. The van der Waals surface area contributed by atoms with Crippen molar-refractivity contribution in [2.45, 2.75) is 19.8 Å². The van der Waals surface area contributed by atoms with Crippen LogP contribution in [0.25, 0.3) is 11.3 Å². The zero-order chi connectivity index (χ0) is 22.5. The average Bonchev–Trinajstić information content (AvgIpc) is 3.21. The van der Waals surface area contributed by atoms with Gasteiger partial charge in [0.2, 0.25) is 4.80 Å². The summed E-state index contributed by atoms with van der Waals surface area (Å²) in [5, 5.41) is 17.6. The fourth-order valence-electron chi connectivity index (χ4n) is 3.06. The Morgan fingerprint density at radius 2 is 1.84 bits per heavy atom. The van der Waals surface area contributed by atoms with Crippen molar-refractivity contribution in [2.75, 3.05) is 0 Å². The highest BCUT2D eigenvalue weighted by Gasteiger charge is 2.10. The highest BCUT2D eigenvalue weighted by molar-refractivity contribution is 7.07. The van der Waals surface area contributed by atoms with Crippen LogP contribution in [0.2, 0.25) is 0 Å². The molecular weight excluding hydrogens is 422 g/mol. The molecule has 0 amide bonds. The highest BCUT2D eigenvalue weighted by atomic mass is 32.1. The van der Waals surface area contributed by atoms with Crippen LogP contribution in [-0.2, 0) is 0 Å². The summed E-state index contributed by atoms with van der Waals surface area (Å²) in [5.41, 5.74) is 4.60. The fourth-order valence-corrected chi connectivity index (χ4v) is 3.92. The molecule has 0 aliphatic rings. The van der Waals surface area contributed by atoms with Gasteiger partial charge in [0.15, 0.2) is 0 Å². The average molecular weight is 444 g/mol. The van der Waals surface area contributed by atoms with Crippen LogP contribution in [0.3, 0.4) is 0 Å². The van der Waals surface area contributed by atoms with Crippen molar-refractivity contribution >= 4 is 28.9 Å². The Hall–Kier alpha value is -3.91. The molecule has 0 radical (unpaired) electrons. The molecule has 8 heteroatoms. The first-order valence-electron chi connectivity index (χ1n) is 10.1. The van der Waals surface area contributed by atoms with Crippen LogP contribution >= 0.6 is 11.3 Å². The number of rotatable bonds is 6. The monoisotopic (exact) mass is 443 g/mol. The van der Waals surface area contributed by atoms with Crippen LogP contribution in [0.5, 0.6) is 0 Å². The molecule has 2 heterocycles. The molecule has 0 aliphatic heterocycles. The lowest BCUT2D eigenvalue weighted by atomic mass is 10.0. The molecule has 0 fully saturated rings. The molecule has 0 atom stereocenters. The predicted molar refractivity (Wildman–Crippen MR) is 127 cm³/mol. The van der Waals surface area contributed by atoms with Crippen LogP contribution in [0.4, 0.5) is 11.4 Å². The Morgan fingerprint density at radius 1 is 1.09 bits per heavy atom. The number of nitro groups is 1. The number of benzene rings is 2. The number of thiazole rings is 1. The minimum absolute atomic E-state index is 0.0459. The second-order valence-electron chi connectivity index (χ2n) is 7.41. The number of nitro benzene ring substituents is 1. The van der Waals surface area contributed by atoms with Crippen molar-refractivity contribution < 1.29 is 4.92 Å². The van der Waals surface area contributed by atoms with Gasteiger partial charge in [-0.25, -0.2) is 9.67 Å². The summed E-state index contributed by atoms with van der Waals surface area (Å²) < 4.78 is 1.75. The highest BCUT2D eigenvalue weighted by Crippen LogP contribution is 2.23. The predicted octanol–water partition coefficient (Wildman–Crippen LogP) is 5.76. The maximum absolute atomic E-state index is 11.0. The van der Waals surface area contributed by atoms with Gasteiger partial charge in [-0.05, 0) is 41.3 Å². The molecular formula is C24H21N5O2S. The molecule has 0 N–H and O–H groups in total. The van der Waals surface area contributed by atoms with E-state index in [4.69, 9.17) is 5.10 Å². The number of nitrogens with zero attached hydrogens (tertiary/aromatic N) is 5. The van der Waals surface area contributed by atoms with E-state index in [1.807, 2.05) is 29.6 Å². The van der Waals surface area contributed by atoms with Gasteiger partial charge in [0, 0.05) is 29.3 Å². The summed E-state index contributed by atoms with van der Waals surface area (Å²) in [4.78, 5) is 20.1. The van der Waals surface area contributed by atoms with Gasteiger partial charge < -0.3 is 0 Å². The van der Waals surface area contributed by atoms with Crippen molar-refractivity contribution in [1.82, 2.24) is 9.66 Å². The molecule has 4 aromatic rings. The number of aromatic nitrogens is 2. The van der Waals surface area contributed by atoms with Gasteiger partial charge in [0.25, 0.3) is 5.69 Å². The lowest BCUT2D eigenvalue weighted by Gasteiger charge is -2.05. The van der Waals surface area contributed by atoms with E-state index in [2.05, 4.69) is 36.0 Å². The van der Waals surface area contributed by atoms with Gasteiger partial charge in [-0.3, -0.25) is 15.1 Å². The van der Waals surface area contributed by atoms with Crippen LogP contribution in [0, 0.1) is 10.1 Å². The number of hydrogen-bond donors (Lipinski definition) is 0. The second kappa shape index (κ2) is 9.49. The van der Waals surface area contributed by atoms with Crippen LogP contribution in [0.1, 0.15) is 30.9 Å². The van der Waals surface area contributed by atoms with Crippen molar-refractivity contribution in [3.05, 3.63) is 104 Å². The Labute approximate surface area is 189 Å². The van der Waals surface area contributed by atoms with E-state index in [1.165, 1.54) is 29.0 Å². The van der Waals surface area contributed by atoms with Crippen molar-refractivity contribution in [1.29, 1.82) is 0 Å². The molecule has 0 saturated heterocycles. The summed E-state index contributed by atoms with van der Waals surface area (Å²) >= 11 is 1.44. The lowest BCUT2D eigenvalue weighted by molar-refractivity contribution is -0.384. The quantitative estimate of drug-likeness (QED) is 0.216. The van der Waals surface area contributed by atoms with E-state index >= 15 is 0 Å². The molecule has 160 valence electrons. The first-order valence-corrected chi connectivity index (χ1v) is 10.9. The van der Waals surface area contributed by atoms with E-state index in [1.54, 1.807) is 35.4 Å². The van der Waals surface area contributed by atoms with E-state index in [-0.39, 0.29) is 5.69 Å². The molecule has 32 heavy (non-hydrogen) atoms. The Balaban J connectivity index is 1.77. The lowest BCUT2D eigenvalue weighted by Crippen LogP contribution is -2.11. The third kappa shape index (κ3) is 4.87. The SMILES string of the molecule is CC(C)c1ccc(C=Nn2c(-c3ccc([N+](=O)[O-])cc3)csc2=Nc2cccnc2)cc1. The van der Waals surface area contributed by atoms with Gasteiger partial charge in [-0.1, -0.05) is 38.1 Å². The number of hydrogen-bond acceptors (Lipinski definition) is 6. The van der Waals surface area contributed by atoms with Crippen molar-refractivity contribution in [3.8, 4) is 11.3 Å². The molecule has 4 rings (SSSR count). The summed E-state index contributed by atoms with van der Waals surface area (Å²) in [6.45, 7) is 4.32. The minimum Gasteiger partial charge on any atom is -0.262 e. The van der Waals surface area contributed by atoms with Gasteiger partial charge in [-0.2, -0.15) is 5.10 Å². The van der Waals surface area contributed by atoms with Crippen LogP contribution < -0.4 is 4.80 Å². The first kappa shape index (κ1) is 21.3. The topological polar surface area (TPSA) is 85.7 Å². The van der Waals surface area contributed by atoms with Gasteiger partial charge >= 0.3 is 0 Å². The molecule has 7 nitrogen and oxygen atoms in total. The Morgan fingerprint density at radius 3 is 2.47 bits per heavy atom. The molecule has 0 spiro atoms. The van der Waals surface area contributed by atoms with Crippen LogP contribution in [-0.4, -0.2) is 20.8 Å². The van der Waals surface area contributed by atoms with E-state index in [0.717, 1.165) is 22.5 Å². The molecule has 0 aliphatic carbocycles. The minimum atomic E-state index is -0.409. The molecule has 2 aromatic carbocycles. The maximum atomic E-state index is 11.0. The zero-order valence-corrected chi connectivity index (χ0v) is 18.4. The van der Waals surface area contributed by atoms with Crippen LogP contribution in [0.15, 0.2) is 88.5 Å². The summed E-state index contributed by atoms with van der Waals surface area (Å²) in [6.07, 6.45) is 5.17. The molecule has 0 saturated carbocycles. The Kier molecular flexibility index (Phi) is 6.32. The largest absolute Gasteiger partial charge is 0.269 e. The first-order chi connectivity index (χ1) is 15.5. The fraction of sp³-hybridized carbons (Fsp3) is 0.125. The summed E-state index contributed by atoms with van der Waals surface area (Å²) in [5.74, 6) is 0.464. The summed E-state index contributed by atoms with van der Waals surface area (Å²) in [6, 6.07) is 18.4. The third-order valence-corrected chi connectivity index (χ3v) is 5.67. The molecule has 0 unspecified atom stereocenters. The zero-order valence-electron chi connectivity index (χ0n) is 17.6. The smallest absolute Gasteiger partial charge is 0.262 e. The second-order valence-corrected chi connectivity index (χ2v) is 8.24. The number of non-ortho nitro benzene ring substituents is 1. The summed E-state index contributed by atoms with van der Waals surface area (Å²) in [7, 11) is 0. The van der Waals surface area contributed by atoms with E-state index in [9.17, 15) is 10.1 Å². The Bertz CT molecular complexity index is 1310. The van der Waals surface area contributed by atoms with Gasteiger partial charge in [-0.15, -0.1) is 11.3 Å². The normalized spacial score (nSPS) is 12.0. The third-order valence-electron chi connectivity index (χ3n) is 4.86. The maximum Gasteiger partial charge on any atom is 0.269 e.